The molecule has 0 spiro atoms. The molecular formula is C8H20N2O. The van der Waals surface area contributed by atoms with Gasteiger partial charge in [-0.2, -0.15) is 0 Å². The SMILES string of the molecule is C.CCN1CCN(CO)CC1. The lowest BCUT2D eigenvalue weighted by Crippen LogP contribution is -2.46. The van der Waals surface area contributed by atoms with Crippen LogP contribution in [-0.4, -0.2) is 54.4 Å². The van der Waals surface area contributed by atoms with Crippen molar-refractivity contribution in [3.8, 4) is 0 Å². The minimum atomic E-state index is 0. The first-order valence-electron chi connectivity index (χ1n) is 3.92. The van der Waals surface area contributed by atoms with Crippen molar-refractivity contribution < 1.29 is 5.11 Å². The van der Waals surface area contributed by atoms with E-state index in [4.69, 9.17) is 5.11 Å². The molecule has 1 aliphatic heterocycles. The van der Waals surface area contributed by atoms with Gasteiger partial charge in [-0.1, -0.05) is 14.4 Å². The second-order valence-electron chi connectivity index (χ2n) is 2.69. The maximum Gasteiger partial charge on any atom is 0.0957 e. The maximum atomic E-state index is 8.76. The van der Waals surface area contributed by atoms with Gasteiger partial charge in [0.25, 0.3) is 0 Å². The molecule has 11 heavy (non-hydrogen) atoms. The van der Waals surface area contributed by atoms with Gasteiger partial charge in [-0.15, -0.1) is 0 Å². The lowest BCUT2D eigenvalue weighted by Gasteiger charge is -2.32. The Balaban J connectivity index is 0.000001000. The Bertz CT molecular complexity index is 78.1. The Kier molecular flexibility index (Phi) is 5.46. The lowest BCUT2D eigenvalue weighted by atomic mass is 10.3. The van der Waals surface area contributed by atoms with E-state index in [2.05, 4.69) is 16.7 Å². The Labute approximate surface area is 69.6 Å². The molecule has 0 aromatic carbocycles. The van der Waals surface area contributed by atoms with Crippen molar-refractivity contribution in [2.45, 2.75) is 14.4 Å². The Morgan fingerprint density at radius 3 is 1.91 bits per heavy atom. The van der Waals surface area contributed by atoms with Crippen LogP contribution in [0.3, 0.4) is 0 Å². The largest absolute Gasteiger partial charge is 0.381 e. The summed E-state index contributed by atoms with van der Waals surface area (Å²) in [6.07, 6.45) is 0. The number of likely N-dealkylation sites (N-methyl/N-ethyl adjacent to an activating group) is 1. The van der Waals surface area contributed by atoms with Crippen molar-refractivity contribution in [3.05, 3.63) is 0 Å². The van der Waals surface area contributed by atoms with Crippen LogP contribution in [-0.2, 0) is 0 Å². The minimum absolute atomic E-state index is 0. The first kappa shape index (κ1) is 10.9. The van der Waals surface area contributed by atoms with Gasteiger partial charge in [0.05, 0.1) is 6.73 Å². The summed E-state index contributed by atoms with van der Waals surface area (Å²) in [6.45, 7) is 7.79. The third-order valence-electron chi connectivity index (χ3n) is 2.11. The molecule has 68 valence electrons. The van der Waals surface area contributed by atoms with Gasteiger partial charge < -0.3 is 10.0 Å². The molecule has 0 atom stereocenters. The fraction of sp³-hybridized carbons (Fsp3) is 1.00. The van der Waals surface area contributed by atoms with Crippen LogP contribution in [0, 0.1) is 0 Å². The molecule has 0 amide bonds. The zero-order valence-corrected chi connectivity index (χ0v) is 6.58. The van der Waals surface area contributed by atoms with E-state index < -0.39 is 0 Å². The number of aliphatic hydroxyl groups is 1. The van der Waals surface area contributed by atoms with Crippen LogP contribution in [0.25, 0.3) is 0 Å². The molecule has 0 unspecified atom stereocenters. The fourth-order valence-electron chi connectivity index (χ4n) is 1.25. The molecule has 1 aliphatic rings. The molecular weight excluding hydrogens is 140 g/mol. The van der Waals surface area contributed by atoms with E-state index in [0.717, 1.165) is 32.7 Å². The predicted molar refractivity (Wildman–Crippen MR) is 47.5 cm³/mol. The van der Waals surface area contributed by atoms with E-state index in [-0.39, 0.29) is 14.2 Å². The van der Waals surface area contributed by atoms with Crippen LogP contribution in [0.2, 0.25) is 0 Å². The topological polar surface area (TPSA) is 26.7 Å². The van der Waals surface area contributed by atoms with Gasteiger partial charge in [0.15, 0.2) is 0 Å². The highest BCUT2D eigenvalue weighted by molar-refractivity contribution is 4.67. The number of hydrogen-bond donors (Lipinski definition) is 1. The second kappa shape index (κ2) is 5.52. The highest BCUT2D eigenvalue weighted by atomic mass is 16.3. The van der Waals surface area contributed by atoms with Crippen LogP contribution in [0.15, 0.2) is 0 Å². The average molecular weight is 160 g/mol. The molecule has 0 radical (unpaired) electrons. The normalized spacial score (nSPS) is 21.3. The highest BCUT2D eigenvalue weighted by Gasteiger charge is 2.13. The van der Waals surface area contributed by atoms with Crippen molar-refractivity contribution >= 4 is 0 Å². The first-order chi connectivity index (χ1) is 4.86. The van der Waals surface area contributed by atoms with E-state index in [1.165, 1.54) is 0 Å². The van der Waals surface area contributed by atoms with E-state index in [1.807, 2.05) is 0 Å². The molecule has 0 aromatic rings. The molecule has 0 bridgehead atoms. The molecule has 3 heteroatoms. The number of piperazine rings is 1. The molecule has 0 aromatic heterocycles. The Morgan fingerprint density at radius 1 is 1.09 bits per heavy atom. The fourth-order valence-corrected chi connectivity index (χ4v) is 1.25. The third kappa shape index (κ3) is 3.18. The van der Waals surface area contributed by atoms with E-state index >= 15 is 0 Å². The van der Waals surface area contributed by atoms with Crippen LogP contribution in [0.1, 0.15) is 14.4 Å². The molecule has 0 aliphatic carbocycles. The molecule has 1 rings (SSSR count). The monoisotopic (exact) mass is 160 g/mol. The van der Waals surface area contributed by atoms with Gasteiger partial charge >= 0.3 is 0 Å². The van der Waals surface area contributed by atoms with Gasteiger partial charge in [0, 0.05) is 26.2 Å². The summed E-state index contributed by atoms with van der Waals surface area (Å²) in [7, 11) is 0. The molecule has 0 saturated carbocycles. The summed E-state index contributed by atoms with van der Waals surface area (Å²) in [5.74, 6) is 0. The van der Waals surface area contributed by atoms with Crippen molar-refractivity contribution in [1.82, 2.24) is 9.80 Å². The maximum absolute atomic E-state index is 8.76. The lowest BCUT2D eigenvalue weighted by molar-refractivity contribution is 0.0563. The zero-order chi connectivity index (χ0) is 7.40. The van der Waals surface area contributed by atoms with E-state index in [0.29, 0.717) is 0 Å². The first-order valence-corrected chi connectivity index (χ1v) is 3.92. The summed E-state index contributed by atoms with van der Waals surface area (Å²) >= 11 is 0. The van der Waals surface area contributed by atoms with Gasteiger partial charge in [-0.25, -0.2) is 0 Å². The standard InChI is InChI=1S/C7H16N2O.CH4/c1-2-8-3-5-9(7-10)6-4-8;/h10H,2-7H2,1H3;1H4. The molecule has 1 heterocycles. The summed E-state index contributed by atoms with van der Waals surface area (Å²) in [5, 5.41) is 8.76. The quantitative estimate of drug-likeness (QED) is 0.625. The summed E-state index contributed by atoms with van der Waals surface area (Å²) in [5.41, 5.74) is 0. The predicted octanol–water partition coefficient (Wildman–Crippen LogP) is 0.210. The average Bonchev–Trinajstić information content (AvgIpc) is 2.05. The number of hydrogen-bond acceptors (Lipinski definition) is 3. The number of nitrogens with zero attached hydrogens (tertiary/aromatic N) is 2. The Morgan fingerprint density at radius 2 is 1.55 bits per heavy atom. The second-order valence-corrected chi connectivity index (χ2v) is 2.69. The van der Waals surface area contributed by atoms with Gasteiger partial charge in [0.1, 0.15) is 0 Å². The van der Waals surface area contributed by atoms with Crippen LogP contribution in [0.4, 0.5) is 0 Å². The van der Waals surface area contributed by atoms with E-state index in [9.17, 15) is 0 Å². The summed E-state index contributed by atoms with van der Waals surface area (Å²) in [6, 6.07) is 0. The number of aliphatic hydroxyl groups excluding tert-OH is 1. The Hall–Kier alpha value is -0.120. The van der Waals surface area contributed by atoms with Crippen molar-refractivity contribution in [2.24, 2.45) is 0 Å². The van der Waals surface area contributed by atoms with Gasteiger partial charge in [-0.3, -0.25) is 4.90 Å². The van der Waals surface area contributed by atoms with Crippen molar-refractivity contribution in [3.63, 3.8) is 0 Å². The number of rotatable bonds is 2. The van der Waals surface area contributed by atoms with Gasteiger partial charge in [0.2, 0.25) is 0 Å². The highest BCUT2D eigenvalue weighted by Crippen LogP contribution is 1.98. The molecule has 1 saturated heterocycles. The minimum Gasteiger partial charge on any atom is -0.381 e. The molecule has 3 nitrogen and oxygen atoms in total. The van der Waals surface area contributed by atoms with Crippen LogP contribution >= 0.6 is 0 Å². The smallest absolute Gasteiger partial charge is 0.0957 e. The van der Waals surface area contributed by atoms with Crippen LogP contribution < -0.4 is 0 Å². The van der Waals surface area contributed by atoms with Crippen molar-refractivity contribution in [1.29, 1.82) is 0 Å². The third-order valence-corrected chi connectivity index (χ3v) is 2.11. The summed E-state index contributed by atoms with van der Waals surface area (Å²) < 4.78 is 0. The van der Waals surface area contributed by atoms with Crippen molar-refractivity contribution in [2.75, 3.05) is 39.5 Å². The zero-order valence-electron chi connectivity index (χ0n) is 6.58. The molecule has 1 fully saturated rings. The van der Waals surface area contributed by atoms with Gasteiger partial charge in [-0.05, 0) is 6.54 Å². The molecule has 1 N–H and O–H groups in total. The van der Waals surface area contributed by atoms with Crippen LogP contribution in [0.5, 0.6) is 0 Å². The van der Waals surface area contributed by atoms with E-state index in [1.54, 1.807) is 0 Å². The summed E-state index contributed by atoms with van der Waals surface area (Å²) in [4.78, 5) is 4.46.